The maximum Gasteiger partial charge on any atom is 0.119 e. The number of hydrogen-bond donors (Lipinski definition) is 0. The van der Waals surface area contributed by atoms with Gasteiger partial charge in [0.1, 0.15) is 5.75 Å². The average molecular weight is 341 g/mol. The van der Waals surface area contributed by atoms with Crippen molar-refractivity contribution in [3.8, 4) is 5.75 Å². The van der Waals surface area contributed by atoms with Crippen molar-refractivity contribution in [3.05, 3.63) is 35.4 Å². The molecule has 1 fully saturated rings. The first kappa shape index (κ1) is 17.1. The van der Waals surface area contributed by atoms with Crippen LogP contribution in [-0.4, -0.2) is 18.8 Å². The van der Waals surface area contributed by atoms with E-state index < -0.39 is 0 Å². The molecular formula is C23H32O2. The molecule has 2 nitrogen and oxygen atoms in total. The van der Waals surface area contributed by atoms with Gasteiger partial charge in [-0.3, -0.25) is 0 Å². The van der Waals surface area contributed by atoms with Crippen LogP contribution in [0.4, 0.5) is 0 Å². The number of hydrogen-bond acceptors (Lipinski definition) is 2. The maximum atomic E-state index is 6.50. The summed E-state index contributed by atoms with van der Waals surface area (Å²) in [6.07, 6.45) is 9.05. The number of methoxy groups -OCH3 is 1. The van der Waals surface area contributed by atoms with Gasteiger partial charge in [0.2, 0.25) is 0 Å². The van der Waals surface area contributed by atoms with E-state index in [1.165, 1.54) is 36.8 Å². The normalized spacial score (nSPS) is 34.0. The molecule has 1 aromatic rings. The second kappa shape index (κ2) is 5.87. The molecule has 0 saturated heterocycles. The summed E-state index contributed by atoms with van der Waals surface area (Å²) in [5.41, 5.74) is 4.78. The predicted molar refractivity (Wildman–Crippen MR) is 103 cm³/mol. The molecule has 3 aliphatic carbocycles. The molecule has 0 bridgehead atoms. The third kappa shape index (κ3) is 2.83. The summed E-state index contributed by atoms with van der Waals surface area (Å²) < 4.78 is 11.9. The van der Waals surface area contributed by atoms with Gasteiger partial charge in [0.25, 0.3) is 0 Å². The fourth-order valence-electron chi connectivity index (χ4n) is 5.65. The highest BCUT2D eigenvalue weighted by atomic mass is 16.5. The van der Waals surface area contributed by atoms with Gasteiger partial charge in [-0.05, 0) is 93.5 Å². The lowest BCUT2D eigenvalue weighted by Crippen LogP contribution is -2.43. The summed E-state index contributed by atoms with van der Waals surface area (Å²) in [7, 11) is 1.76. The fourth-order valence-corrected chi connectivity index (χ4v) is 5.65. The average Bonchev–Trinajstić information content (AvgIpc) is 2.89. The van der Waals surface area contributed by atoms with Gasteiger partial charge in [-0.25, -0.2) is 0 Å². The summed E-state index contributed by atoms with van der Waals surface area (Å²) in [5.74, 6) is 2.45. The Bertz CT molecular complexity index is 697. The van der Waals surface area contributed by atoms with E-state index in [4.69, 9.17) is 9.47 Å². The molecule has 2 heteroatoms. The third-order valence-electron chi connectivity index (χ3n) is 6.81. The van der Waals surface area contributed by atoms with Gasteiger partial charge in [-0.1, -0.05) is 19.1 Å². The van der Waals surface area contributed by atoms with Gasteiger partial charge >= 0.3 is 0 Å². The number of allylic oxidation sites excluding steroid dienone is 2. The molecule has 0 aromatic heterocycles. The van der Waals surface area contributed by atoms with Crippen LogP contribution in [0.1, 0.15) is 64.5 Å². The van der Waals surface area contributed by atoms with Crippen LogP contribution >= 0.6 is 0 Å². The van der Waals surface area contributed by atoms with Gasteiger partial charge in [0, 0.05) is 5.41 Å². The number of aryl methyl sites for hydroxylation is 1. The van der Waals surface area contributed by atoms with E-state index in [9.17, 15) is 0 Å². The van der Waals surface area contributed by atoms with Crippen molar-refractivity contribution in [3.63, 3.8) is 0 Å². The molecular weight excluding hydrogens is 308 g/mol. The minimum absolute atomic E-state index is 0.0533. The molecule has 0 N–H and O–H groups in total. The van der Waals surface area contributed by atoms with Crippen molar-refractivity contribution in [2.75, 3.05) is 7.11 Å². The predicted octanol–water partition coefficient (Wildman–Crippen LogP) is 5.64. The number of rotatable bonds is 2. The standard InChI is InChI=1S/C23H32O2/c1-22(2,3)25-21-11-10-20-19-8-6-15-14-16(24-5)7-9-17(15)18(19)12-13-23(20,21)4/h7,9,12,14,19-21H,6,8,10-11,13H2,1-5H3/t19-,20+,21+,23+/m0/s1. The van der Waals surface area contributed by atoms with E-state index in [0.717, 1.165) is 18.1 Å². The molecule has 4 atom stereocenters. The Balaban J connectivity index is 1.66. The third-order valence-corrected chi connectivity index (χ3v) is 6.81. The minimum atomic E-state index is -0.0533. The Morgan fingerprint density at radius 2 is 1.92 bits per heavy atom. The molecule has 1 saturated carbocycles. The number of fused-ring (bicyclic) bond motifs is 5. The Morgan fingerprint density at radius 3 is 2.64 bits per heavy atom. The van der Waals surface area contributed by atoms with Crippen LogP contribution in [0.5, 0.6) is 5.75 Å². The molecule has 0 spiro atoms. The van der Waals surface area contributed by atoms with Gasteiger partial charge in [-0.2, -0.15) is 0 Å². The van der Waals surface area contributed by atoms with Gasteiger partial charge in [0.05, 0.1) is 18.8 Å². The van der Waals surface area contributed by atoms with Crippen LogP contribution in [0, 0.1) is 17.3 Å². The van der Waals surface area contributed by atoms with Crippen LogP contribution in [0.2, 0.25) is 0 Å². The lowest BCUT2D eigenvalue weighted by atomic mass is 9.60. The smallest absolute Gasteiger partial charge is 0.119 e. The fraction of sp³-hybridized carbons (Fsp3) is 0.652. The molecule has 0 heterocycles. The molecule has 25 heavy (non-hydrogen) atoms. The van der Waals surface area contributed by atoms with Gasteiger partial charge in [-0.15, -0.1) is 0 Å². The van der Waals surface area contributed by atoms with Crippen LogP contribution in [-0.2, 0) is 11.2 Å². The van der Waals surface area contributed by atoms with Crippen LogP contribution in [0.3, 0.4) is 0 Å². The van der Waals surface area contributed by atoms with E-state index >= 15 is 0 Å². The monoisotopic (exact) mass is 340 g/mol. The summed E-state index contributed by atoms with van der Waals surface area (Å²) >= 11 is 0. The topological polar surface area (TPSA) is 18.5 Å². The lowest BCUT2D eigenvalue weighted by molar-refractivity contribution is -0.112. The molecule has 4 rings (SSSR count). The van der Waals surface area contributed by atoms with E-state index in [2.05, 4.69) is 52.0 Å². The second-order valence-corrected chi connectivity index (χ2v) is 9.44. The number of ether oxygens (including phenoxy) is 2. The highest BCUT2D eigenvalue weighted by Gasteiger charge is 2.53. The van der Waals surface area contributed by atoms with Gasteiger partial charge < -0.3 is 9.47 Å². The van der Waals surface area contributed by atoms with Crippen molar-refractivity contribution < 1.29 is 9.47 Å². The SMILES string of the molecule is COc1ccc2c(c1)CC[C@H]1C2=CC[C@]2(C)[C@@H]1CC[C@H]2OC(C)(C)C. The Morgan fingerprint density at radius 1 is 1.12 bits per heavy atom. The van der Waals surface area contributed by atoms with Gasteiger partial charge in [0.15, 0.2) is 0 Å². The quantitative estimate of drug-likeness (QED) is 0.693. The largest absolute Gasteiger partial charge is 0.497 e. The van der Waals surface area contributed by atoms with E-state index in [-0.39, 0.29) is 5.60 Å². The summed E-state index contributed by atoms with van der Waals surface area (Å²) in [6, 6.07) is 6.64. The Hall–Kier alpha value is -1.28. The van der Waals surface area contributed by atoms with Crippen LogP contribution in [0.25, 0.3) is 5.57 Å². The maximum absolute atomic E-state index is 6.50. The lowest BCUT2D eigenvalue weighted by Gasteiger charge is -2.47. The zero-order chi connectivity index (χ0) is 17.8. The molecule has 0 amide bonds. The highest BCUT2D eigenvalue weighted by Crippen LogP contribution is 2.59. The summed E-state index contributed by atoms with van der Waals surface area (Å²) in [6.45, 7) is 9.06. The first-order valence-electron chi connectivity index (χ1n) is 9.87. The molecule has 0 radical (unpaired) electrons. The van der Waals surface area contributed by atoms with Crippen molar-refractivity contribution in [1.29, 1.82) is 0 Å². The first-order valence-corrected chi connectivity index (χ1v) is 9.87. The van der Waals surface area contributed by atoms with Crippen molar-refractivity contribution in [2.45, 2.75) is 71.5 Å². The molecule has 3 aliphatic rings. The van der Waals surface area contributed by atoms with E-state index in [1.54, 1.807) is 12.7 Å². The van der Waals surface area contributed by atoms with E-state index in [0.29, 0.717) is 17.4 Å². The summed E-state index contributed by atoms with van der Waals surface area (Å²) in [4.78, 5) is 0. The second-order valence-electron chi connectivity index (χ2n) is 9.44. The van der Waals surface area contributed by atoms with Crippen LogP contribution in [0.15, 0.2) is 24.3 Å². The zero-order valence-corrected chi connectivity index (χ0v) is 16.4. The minimum Gasteiger partial charge on any atom is -0.497 e. The van der Waals surface area contributed by atoms with Crippen molar-refractivity contribution in [1.82, 2.24) is 0 Å². The van der Waals surface area contributed by atoms with Crippen molar-refractivity contribution >= 4 is 5.57 Å². The zero-order valence-electron chi connectivity index (χ0n) is 16.4. The summed E-state index contributed by atoms with van der Waals surface area (Å²) in [5, 5.41) is 0. The van der Waals surface area contributed by atoms with Crippen molar-refractivity contribution in [2.24, 2.45) is 17.3 Å². The molecule has 0 aliphatic heterocycles. The number of benzene rings is 1. The molecule has 136 valence electrons. The Kier molecular flexibility index (Phi) is 4.03. The van der Waals surface area contributed by atoms with E-state index in [1.807, 2.05) is 0 Å². The Labute approximate surface area is 152 Å². The highest BCUT2D eigenvalue weighted by molar-refractivity contribution is 5.73. The first-order chi connectivity index (χ1) is 11.8. The molecule has 0 unspecified atom stereocenters. The molecule has 1 aromatic carbocycles. The van der Waals surface area contributed by atoms with Crippen LogP contribution < -0.4 is 4.74 Å².